The molecule has 2 fully saturated rings. The van der Waals surface area contributed by atoms with Crippen molar-refractivity contribution in [3.63, 3.8) is 0 Å². The van der Waals surface area contributed by atoms with Crippen LogP contribution in [0, 0.1) is 19.3 Å². The predicted octanol–water partition coefficient (Wildman–Crippen LogP) is 2.93. The number of rotatable bonds is 2. The van der Waals surface area contributed by atoms with E-state index in [4.69, 9.17) is 11.2 Å². The molecule has 2 saturated heterocycles. The first-order valence-corrected chi connectivity index (χ1v) is 10.9. The molecule has 6 heteroatoms. The number of benzene rings is 1. The standard InChI is InChI=1S/C24H31N3O3/c1-4-15-30-23(29)26-11-7-20(8-12-26)25-13-9-24(10-14-25)17-27(19(3)28)22-6-5-18(2)16-21(22)24/h1,5-6,16,20H,7-15,17H2,2-3H3. The summed E-state index contributed by atoms with van der Waals surface area (Å²) >= 11 is 0. The zero-order chi connectivity index (χ0) is 21.3. The lowest BCUT2D eigenvalue weighted by molar-refractivity contribution is -0.116. The Hall–Kier alpha value is -2.52. The highest BCUT2D eigenvalue weighted by Gasteiger charge is 2.46. The van der Waals surface area contributed by atoms with Gasteiger partial charge in [-0.05, 0) is 57.3 Å². The van der Waals surface area contributed by atoms with E-state index in [0.717, 1.165) is 64.1 Å². The molecule has 3 aliphatic rings. The number of terminal acetylenes is 1. The molecule has 30 heavy (non-hydrogen) atoms. The van der Waals surface area contributed by atoms with Crippen LogP contribution in [0.3, 0.4) is 0 Å². The Morgan fingerprint density at radius 2 is 1.90 bits per heavy atom. The first-order valence-electron chi connectivity index (χ1n) is 10.9. The number of piperidine rings is 2. The van der Waals surface area contributed by atoms with Crippen LogP contribution < -0.4 is 4.90 Å². The van der Waals surface area contributed by atoms with Gasteiger partial charge in [0.1, 0.15) is 0 Å². The zero-order valence-corrected chi connectivity index (χ0v) is 18.0. The number of carbonyl (C=O) groups excluding carboxylic acids is 2. The van der Waals surface area contributed by atoms with E-state index in [0.29, 0.717) is 6.04 Å². The fourth-order valence-electron chi connectivity index (χ4n) is 5.42. The first-order chi connectivity index (χ1) is 14.4. The summed E-state index contributed by atoms with van der Waals surface area (Å²) in [5.41, 5.74) is 3.78. The van der Waals surface area contributed by atoms with Crippen molar-refractivity contribution in [2.75, 3.05) is 44.2 Å². The molecule has 0 atom stereocenters. The molecule has 0 aliphatic carbocycles. The van der Waals surface area contributed by atoms with Crippen LogP contribution in [-0.2, 0) is 14.9 Å². The van der Waals surface area contributed by atoms with Crippen molar-refractivity contribution < 1.29 is 14.3 Å². The first kappa shape index (κ1) is 20.7. The maximum Gasteiger partial charge on any atom is 0.410 e. The maximum atomic E-state index is 12.2. The van der Waals surface area contributed by atoms with E-state index in [9.17, 15) is 9.59 Å². The van der Waals surface area contributed by atoms with Crippen LogP contribution in [-0.4, -0.2) is 67.2 Å². The van der Waals surface area contributed by atoms with E-state index < -0.39 is 0 Å². The predicted molar refractivity (Wildman–Crippen MR) is 116 cm³/mol. The number of hydrogen-bond acceptors (Lipinski definition) is 4. The maximum absolute atomic E-state index is 12.2. The lowest BCUT2D eigenvalue weighted by Gasteiger charge is -2.45. The Labute approximate surface area is 179 Å². The van der Waals surface area contributed by atoms with Crippen molar-refractivity contribution in [3.05, 3.63) is 29.3 Å². The summed E-state index contributed by atoms with van der Waals surface area (Å²) in [7, 11) is 0. The Bertz CT molecular complexity index is 859. The second-order valence-corrected chi connectivity index (χ2v) is 8.92. The van der Waals surface area contributed by atoms with E-state index in [1.54, 1.807) is 11.8 Å². The van der Waals surface area contributed by atoms with Gasteiger partial charge in [0.15, 0.2) is 6.61 Å². The van der Waals surface area contributed by atoms with E-state index >= 15 is 0 Å². The van der Waals surface area contributed by atoms with Crippen molar-refractivity contribution in [3.8, 4) is 12.3 Å². The number of nitrogens with zero attached hydrogens (tertiary/aromatic N) is 3. The number of likely N-dealkylation sites (tertiary alicyclic amines) is 2. The molecule has 160 valence electrons. The van der Waals surface area contributed by atoms with Crippen molar-refractivity contribution in [2.24, 2.45) is 0 Å². The van der Waals surface area contributed by atoms with E-state index in [-0.39, 0.29) is 24.0 Å². The fourth-order valence-corrected chi connectivity index (χ4v) is 5.42. The number of anilines is 1. The van der Waals surface area contributed by atoms with Crippen LogP contribution in [0.15, 0.2) is 18.2 Å². The van der Waals surface area contributed by atoms with Crippen LogP contribution >= 0.6 is 0 Å². The summed E-state index contributed by atoms with van der Waals surface area (Å²) in [4.78, 5) is 30.6. The molecular formula is C24H31N3O3. The molecule has 1 spiro atoms. The topological polar surface area (TPSA) is 53.1 Å². The van der Waals surface area contributed by atoms with Crippen LogP contribution in [0.5, 0.6) is 0 Å². The molecule has 3 heterocycles. The lowest BCUT2D eigenvalue weighted by atomic mass is 9.73. The van der Waals surface area contributed by atoms with Crippen molar-refractivity contribution in [1.82, 2.24) is 9.80 Å². The quantitative estimate of drug-likeness (QED) is 0.705. The van der Waals surface area contributed by atoms with Gasteiger partial charge >= 0.3 is 6.09 Å². The van der Waals surface area contributed by atoms with Crippen molar-refractivity contribution in [1.29, 1.82) is 0 Å². The zero-order valence-electron chi connectivity index (χ0n) is 18.0. The molecule has 6 nitrogen and oxygen atoms in total. The average molecular weight is 410 g/mol. The number of hydrogen-bond donors (Lipinski definition) is 0. The van der Waals surface area contributed by atoms with Gasteiger partial charge in [0.25, 0.3) is 0 Å². The number of ether oxygens (including phenoxy) is 1. The van der Waals surface area contributed by atoms with E-state index in [1.165, 1.54) is 11.1 Å². The van der Waals surface area contributed by atoms with Gasteiger partial charge in [-0.15, -0.1) is 6.42 Å². The van der Waals surface area contributed by atoms with Gasteiger partial charge in [0.05, 0.1) is 0 Å². The summed E-state index contributed by atoms with van der Waals surface area (Å²) in [5.74, 6) is 2.47. The molecule has 0 radical (unpaired) electrons. The van der Waals surface area contributed by atoms with Crippen LogP contribution in [0.1, 0.15) is 43.7 Å². The molecular weight excluding hydrogens is 378 g/mol. The molecule has 0 aromatic heterocycles. The molecule has 1 aromatic carbocycles. The largest absolute Gasteiger partial charge is 0.436 e. The van der Waals surface area contributed by atoms with Gasteiger partial charge in [0.2, 0.25) is 5.91 Å². The SMILES string of the molecule is C#CCOC(=O)N1CCC(N2CCC3(CC2)CN(C(C)=O)c2ccc(C)cc23)CC1. The van der Waals surface area contributed by atoms with Crippen LogP contribution in [0.4, 0.5) is 10.5 Å². The lowest BCUT2D eigenvalue weighted by Crippen LogP contribution is -2.52. The Morgan fingerprint density at radius 1 is 1.20 bits per heavy atom. The second kappa shape index (κ2) is 8.31. The van der Waals surface area contributed by atoms with Crippen LogP contribution in [0.2, 0.25) is 0 Å². The van der Waals surface area contributed by atoms with Gasteiger partial charge in [-0.1, -0.05) is 23.6 Å². The summed E-state index contributed by atoms with van der Waals surface area (Å²) in [6.07, 6.45) is 8.93. The minimum Gasteiger partial charge on any atom is -0.436 e. The van der Waals surface area contributed by atoms with Crippen molar-refractivity contribution >= 4 is 17.7 Å². The number of aryl methyl sites for hydroxylation is 1. The highest BCUT2D eigenvalue weighted by Crippen LogP contribution is 2.47. The van der Waals surface area contributed by atoms with E-state index in [1.807, 2.05) is 4.90 Å². The summed E-state index contributed by atoms with van der Waals surface area (Å²) in [5, 5.41) is 0. The summed E-state index contributed by atoms with van der Waals surface area (Å²) in [6, 6.07) is 7.00. The molecule has 0 N–H and O–H groups in total. The molecule has 4 rings (SSSR count). The highest BCUT2D eigenvalue weighted by atomic mass is 16.6. The monoisotopic (exact) mass is 409 g/mol. The molecule has 3 aliphatic heterocycles. The third kappa shape index (κ3) is 3.79. The molecule has 0 unspecified atom stereocenters. The minimum absolute atomic E-state index is 0.0329. The molecule has 1 aromatic rings. The molecule has 2 amide bonds. The highest BCUT2D eigenvalue weighted by molar-refractivity contribution is 5.94. The number of carbonyl (C=O) groups is 2. The fraction of sp³-hybridized carbons (Fsp3) is 0.583. The number of fused-ring (bicyclic) bond motifs is 2. The van der Waals surface area contributed by atoms with Gasteiger partial charge in [-0.25, -0.2) is 4.79 Å². The third-order valence-electron chi connectivity index (χ3n) is 7.13. The summed E-state index contributed by atoms with van der Waals surface area (Å²) < 4.78 is 5.05. The Morgan fingerprint density at radius 3 is 2.53 bits per heavy atom. The average Bonchev–Trinajstić information content (AvgIpc) is 3.06. The van der Waals surface area contributed by atoms with Gasteiger partial charge in [-0.3, -0.25) is 4.79 Å². The van der Waals surface area contributed by atoms with Gasteiger partial charge in [0, 0.05) is 43.7 Å². The molecule has 0 saturated carbocycles. The van der Waals surface area contributed by atoms with E-state index in [2.05, 4.69) is 35.9 Å². The van der Waals surface area contributed by atoms with Crippen LogP contribution in [0.25, 0.3) is 0 Å². The normalized spacial score (nSPS) is 21.4. The van der Waals surface area contributed by atoms with Crippen molar-refractivity contribution in [2.45, 2.75) is 51.0 Å². The van der Waals surface area contributed by atoms with Gasteiger partial charge < -0.3 is 19.4 Å². The smallest absolute Gasteiger partial charge is 0.410 e. The summed E-state index contributed by atoms with van der Waals surface area (Å²) in [6.45, 7) is 8.13. The number of amides is 2. The minimum atomic E-state index is -0.300. The van der Waals surface area contributed by atoms with Gasteiger partial charge in [-0.2, -0.15) is 0 Å². The Kier molecular flexibility index (Phi) is 5.75. The third-order valence-corrected chi connectivity index (χ3v) is 7.13. The molecule has 0 bridgehead atoms. The Balaban J connectivity index is 1.38. The second-order valence-electron chi connectivity index (χ2n) is 8.92.